The minimum atomic E-state index is 0.286. The third-order valence-electron chi connectivity index (χ3n) is 1.54. The van der Waals surface area contributed by atoms with Crippen molar-refractivity contribution in [2.75, 3.05) is 7.11 Å². The van der Waals surface area contributed by atoms with Crippen LogP contribution in [0.25, 0.3) is 0 Å². The highest BCUT2D eigenvalue weighted by Gasteiger charge is 1.98. The molecule has 1 rings (SSSR count). The summed E-state index contributed by atoms with van der Waals surface area (Å²) in [5, 5.41) is 0. The molecule has 0 aliphatic carbocycles. The first-order valence-corrected chi connectivity index (χ1v) is 3.57. The van der Waals surface area contributed by atoms with Crippen molar-refractivity contribution in [3.05, 3.63) is 30.8 Å². The first-order valence-electron chi connectivity index (χ1n) is 3.57. The third kappa shape index (κ3) is 1.93. The standard InChI is InChI=1S/C9H12NO/c1-7(2)8-4-5-9(11-3)10-6-8/h4-7H,1H2,2-3H3. The zero-order valence-electron chi connectivity index (χ0n) is 6.87. The van der Waals surface area contributed by atoms with Gasteiger partial charge in [-0.15, -0.1) is 0 Å². The molecule has 2 heteroatoms. The molecule has 0 aliphatic heterocycles. The molecule has 1 aromatic heterocycles. The fourth-order valence-electron chi connectivity index (χ4n) is 0.804. The van der Waals surface area contributed by atoms with Crippen molar-refractivity contribution >= 4 is 0 Å². The maximum Gasteiger partial charge on any atom is 0.212 e. The van der Waals surface area contributed by atoms with E-state index in [2.05, 4.69) is 11.9 Å². The van der Waals surface area contributed by atoms with Crippen LogP contribution in [0.2, 0.25) is 0 Å². The topological polar surface area (TPSA) is 22.1 Å². The zero-order valence-corrected chi connectivity index (χ0v) is 6.87. The highest BCUT2D eigenvalue weighted by atomic mass is 16.5. The zero-order chi connectivity index (χ0) is 8.27. The molecular weight excluding hydrogens is 138 g/mol. The minimum absolute atomic E-state index is 0.286. The lowest BCUT2D eigenvalue weighted by atomic mass is 10.1. The summed E-state index contributed by atoms with van der Waals surface area (Å²) in [4.78, 5) is 4.06. The van der Waals surface area contributed by atoms with Gasteiger partial charge in [-0.25, -0.2) is 4.98 Å². The van der Waals surface area contributed by atoms with Gasteiger partial charge in [0.15, 0.2) is 0 Å². The van der Waals surface area contributed by atoms with Crippen molar-refractivity contribution in [2.24, 2.45) is 0 Å². The summed E-state index contributed by atoms with van der Waals surface area (Å²) in [5.74, 6) is 0.933. The third-order valence-corrected chi connectivity index (χ3v) is 1.54. The van der Waals surface area contributed by atoms with Gasteiger partial charge in [-0.1, -0.05) is 13.0 Å². The maximum absolute atomic E-state index is 4.92. The maximum atomic E-state index is 4.92. The number of hydrogen-bond donors (Lipinski definition) is 0. The average Bonchev–Trinajstić information content (AvgIpc) is 2.05. The molecule has 0 bridgehead atoms. The van der Waals surface area contributed by atoms with E-state index in [0.29, 0.717) is 5.88 Å². The second kappa shape index (κ2) is 3.37. The largest absolute Gasteiger partial charge is 0.481 e. The average molecular weight is 150 g/mol. The van der Waals surface area contributed by atoms with Crippen LogP contribution >= 0.6 is 0 Å². The molecule has 0 aromatic carbocycles. The Bertz CT molecular complexity index is 216. The molecule has 1 radical (unpaired) electrons. The van der Waals surface area contributed by atoms with Gasteiger partial charge in [0.2, 0.25) is 5.88 Å². The van der Waals surface area contributed by atoms with Gasteiger partial charge in [0.1, 0.15) is 0 Å². The Hall–Kier alpha value is -1.05. The summed E-state index contributed by atoms with van der Waals surface area (Å²) in [6.07, 6.45) is 1.79. The van der Waals surface area contributed by atoms with Gasteiger partial charge in [0, 0.05) is 12.3 Å². The Balaban J connectivity index is 2.83. The fourth-order valence-corrected chi connectivity index (χ4v) is 0.804. The molecule has 59 valence electrons. The quantitative estimate of drug-likeness (QED) is 0.643. The van der Waals surface area contributed by atoms with Gasteiger partial charge in [-0.05, 0) is 18.4 Å². The molecule has 1 unspecified atom stereocenters. The molecule has 0 N–H and O–H groups in total. The molecule has 0 amide bonds. The van der Waals surface area contributed by atoms with E-state index in [9.17, 15) is 0 Å². The predicted octanol–water partition coefficient (Wildman–Crippen LogP) is 2.03. The number of hydrogen-bond acceptors (Lipinski definition) is 2. The van der Waals surface area contributed by atoms with Crippen molar-refractivity contribution in [3.8, 4) is 5.88 Å². The number of rotatable bonds is 2. The number of pyridine rings is 1. The van der Waals surface area contributed by atoms with E-state index in [1.807, 2.05) is 19.1 Å². The Morgan fingerprint density at radius 1 is 1.55 bits per heavy atom. The smallest absolute Gasteiger partial charge is 0.212 e. The van der Waals surface area contributed by atoms with E-state index in [4.69, 9.17) is 4.74 Å². The molecule has 0 spiro atoms. The van der Waals surface area contributed by atoms with E-state index < -0.39 is 0 Å². The predicted molar refractivity (Wildman–Crippen MR) is 44.6 cm³/mol. The second-order valence-electron chi connectivity index (χ2n) is 2.53. The molecule has 1 atom stereocenters. The Morgan fingerprint density at radius 2 is 2.27 bits per heavy atom. The molecule has 0 fully saturated rings. The van der Waals surface area contributed by atoms with E-state index in [0.717, 1.165) is 5.56 Å². The fraction of sp³-hybridized carbons (Fsp3) is 0.333. The summed E-state index contributed by atoms with van der Waals surface area (Å²) in [5.41, 5.74) is 1.13. The van der Waals surface area contributed by atoms with Gasteiger partial charge >= 0.3 is 0 Å². The van der Waals surface area contributed by atoms with Crippen molar-refractivity contribution in [3.63, 3.8) is 0 Å². The lowest BCUT2D eigenvalue weighted by Crippen LogP contribution is -1.91. The molecule has 0 saturated heterocycles. The van der Waals surface area contributed by atoms with Gasteiger partial charge in [0.25, 0.3) is 0 Å². The van der Waals surface area contributed by atoms with Crippen molar-refractivity contribution < 1.29 is 4.74 Å². The monoisotopic (exact) mass is 150 g/mol. The first-order chi connectivity index (χ1) is 5.24. The van der Waals surface area contributed by atoms with Gasteiger partial charge in [-0.2, -0.15) is 0 Å². The minimum Gasteiger partial charge on any atom is -0.481 e. The van der Waals surface area contributed by atoms with Gasteiger partial charge in [0.05, 0.1) is 7.11 Å². The van der Waals surface area contributed by atoms with Crippen LogP contribution in [0, 0.1) is 6.92 Å². The van der Waals surface area contributed by atoms with Crippen molar-refractivity contribution in [2.45, 2.75) is 12.8 Å². The lowest BCUT2D eigenvalue weighted by Gasteiger charge is -2.04. The molecule has 0 aliphatic rings. The van der Waals surface area contributed by atoms with E-state index in [1.54, 1.807) is 13.3 Å². The Labute approximate surface area is 67.2 Å². The summed E-state index contributed by atoms with van der Waals surface area (Å²) in [7, 11) is 1.61. The van der Waals surface area contributed by atoms with Crippen molar-refractivity contribution in [1.29, 1.82) is 0 Å². The van der Waals surface area contributed by atoms with Crippen molar-refractivity contribution in [1.82, 2.24) is 4.98 Å². The highest BCUT2D eigenvalue weighted by molar-refractivity contribution is 5.21. The SMILES string of the molecule is [CH2]C(C)c1ccc(OC)nc1. The molecule has 2 nitrogen and oxygen atoms in total. The van der Waals surface area contributed by atoms with Crippen LogP contribution in [-0.2, 0) is 0 Å². The number of ether oxygens (including phenoxy) is 1. The summed E-state index contributed by atoms with van der Waals surface area (Å²) < 4.78 is 4.92. The van der Waals surface area contributed by atoms with Gasteiger partial charge in [-0.3, -0.25) is 0 Å². The second-order valence-corrected chi connectivity index (χ2v) is 2.53. The number of methoxy groups -OCH3 is 1. The van der Waals surface area contributed by atoms with Crippen LogP contribution in [-0.4, -0.2) is 12.1 Å². The van der Waals surface area contributed by atoms with E-state index in [-0.39, 0.29) is 5.92 Å². The van der Waals surface area contributed by atoms with Crippen LogP contribution in [0.3, 0.4) is 0 Å². The number of aromatic nitrogens is 1. The molecule has 1 heterocycles. The molecular formula is C9H12NO. The summed E-state index contributed by atoms with van der Waals surface area (Å²) in [6.45, 7) is 5.91. The summed E-state index contributed by atoms with van der Waals surface area (Å²) in [6, 6.07) is 3.82. The Kier molecular flexibility index (Phi) is 2.47. The van der Waals surface area contributed by atoms with E-state index in [1.165, 1.54) is 0 Å². The molecule has 1 aromatic rings. The molecule has 0 saturated carbocycles. The van der Waals surface area contributed by atoms with Crippen LogP contribution in [0.1, 0.15) is 18.4 Å². The van der Waals surface area contributed by atoms with Crippen LogP contribution in [0.15, 0.2) is 18.3 Å². The van der Waals surface area contributed by atoms with E-state index >= 15 is 0 Å². The normalized spacial score (nSPS) is 10.2. The van der Waals surface area contributed by atoms with Crippen LogP contribution < -0.4 is 4.74 Å². The van der Waals surface area contributed by atoms with Gasteiger partial charge < -0.3 is 4.74 Å². The van der Waals surface area contributed by atoms with Crippen LogP contribution in [0.4, 0.5) is 0 Å². The number of nitrogens with zero attached hydrogens (tertiary/aromatic N) is 1. The first kappa shape index (κ1) is 8.05. The lowest BCUT2D eigenvalue weighted by molar-refractivity contribution is 0.397. The molecule has 11 heavy (non-hydrogen) atoms. The Morgan fingerprint density at radius 3 is 2.64 bits per heavy atom. The van der Waals surface area contributed by atoms with Crippen LogP contribution in [0.5, 0.6) is 5.88 Å². The highest BCUT2D eigenvalue weighted by Crippen LogP contribution is 2.14. The summed E-state index contributed by atoms with van der Waals surface area (Å²) >= 11 is 0.